The Bertz CT molecular complexity index is 1010. The van der Waals surface area contributed by atoms with E-state index in [2.05, 4.69) is 10.6 Å². The highest BCUT2D eigenvalue weighted by Gasteiger charge is 2.31. The molecular formula is C19H19ClF2N2O4S. The number of alkyl halides is 2. The first-order chi connectivity index (χ1) is 13.6. The summed E-state index contributed by atoms with van der Waals surface area (Å²) < 4.78 is 49.6. The Hall–Kier alpha value is -2.52. The molecule has 0 fully saturated rings. The van der Waals surface area contributed by atoms with Crippen molar-refractivity contribution in [3.05, 3.63) is 59.1 Å². The topological polar surface area (TPSA) is 92.3 Å². The Morgan fingerprint density at radius 3 is 2.17 bits per heavy atom. The summed E-state index contributed by atoms with van der Waals surface area (Å²) in [6.07, 6.45) is 0. The van der Waals surface area contributed by atoms with Gasteiger partial charge in [0.15, 0.2) is 0 Å². The van der Waals surface area contributed by atoms with Crippen molar-refractivity contribution in [2.75, 3.05) is 5.32 Å². The number of carbonyl (C=O) groups excluding carboxylic acids is 2. The number of hydrogen-bond donors (Lipinski definition) is 2. The van der Waals surface area contributed by atoms with Gasteiger partial charge < -0.3 is 10.6 Å². The molecule has 0 heterocycles. The summed E-state index contributed by atoms with van der Waals surface area (Å²) in [5, 5.41) is 5.06. The lowest BCUT2D eigenvalue weighted by Crippen LogP contribution is -2.47. The third-order valence-electron chi connectivity index (χ3n) is 4.04. The van der Waals surface area contributed by atoms with Crippen molar-refractivity contribution in [2.24, 2.45) is 5.92 Å². The SMILES string of the molecule is CC(C)C(NC(=O)c1ccccc1Cl)C(=O)Nc1ccccc1S(=O)(=O)C(F)F. The molecule has 2 aromatic carbocycles. The number of benzene rings is 2. The van der Waals surface area contributed by atoms with Crippen LogP contribution in [0.15, 0.2) is 53.4 Å². The third-order valence-corrected chi connectivity index (χ3v) is 5.81. The molecule has 0 saturated carbocycles. The van der Waals surface area contributed by atoms with E-state index in [0.29, 0.717) is 0 Å². The average Bonchev–Trinajstić information content (AvgIpc) is 2.66. The molecule has 2 rings (SSSR count). The van der Waals surface area contributed by atoms with Crippen LogP contribution in [-0.4, -0.2) is 32.0 Å². The fourth-order valence-corrected chi connectivity index (χ4v) is 3.63. The van der Waals surface area contributed by atoms with Gasteiger partial charge in [-0.2, -0.15) is 8.78 Å². The molecule has 0 spiro atoms. The fraction of sp³-hybridized carbons (Fsp3) is 0.263. The van der Waals surface area contributed by atoms with Crippen LogP contribution in [0.1, 0.15) is 24.2 Å². The monoisotopic (exact) mass is 444 g/mol. The molecule has 0 aliphatic rings. The Morgan fingerprint density at radius 2 is 1.59 bits per heavy atom. The molecule has 0 radical (unpaired) electrons. The third kappa shape index (κ3) is 5.30. The molecular weight excluding hydrogens is 426 g/mol. The highest BCUT2D eigenvalue weighted by Crippen LogP contribution is 2.26. The Kier molecular flexibility index (Phi) is 7.32. The molecule has 10 heteroatoms. The Morgan fingerprint density at radius 1 is 1.00 bits per heavy atom. The van der Waals surface area contributed by atoms with Crippen LogP contribution in [0.3, 0.4) is 0 Å². The predicted octanol–water partition coefficient (Wildman–Crippen LogP) is 3.73. The molecule has 0 aliphatic heterocycles. The van der Waals surface area contributed by atoms with Gasteiger partial charge >= 0.3 is 5.76 Å². The quantitative estimate of drug-likeness (QED) is 0.680. The lowest BCUT2D eigenvalue weighted by Gasteiger charge is -2.22. The minimum atomic E-state index is -4.92. The highest BCUT2D eigenvalue weighted by molar-refractivity contribution is 7.91. The van der Waals surface area contributed by atoms with Crippen LogP contribution < -0.4 is 10.6 Å². The first-order valence-electron chi connectivity index (χ1n) is 8.53. The molecule has 2 N–H and O–H groups in total. The predicted molar refractivity (Wildman–Crippen MR) is 106 cm³/mol. The standard InChI is InChI=1S/C19H19ClF2N2O4S/c1-11(2)16(24-17(25)12-7-3-4-8-13(12)20)18(26)23-14-9-5-6-10-15(14)29(27,28)19(21)22/h3-11,16,19H,1-2H3,(H,23,26)(H,24,25). The van der Waals surface area contributed by atoms with Crippen LogP contribution in [0.25, 0.3) is 0 Å². The second kappa shape index (κ2) is 9.32. The maximum absolute atomic E-state index is 12.9. The minimum absolute atomic E-state index is 0.160. The van der Waals surface area contributed by atoms with Gasteiger partial charge in [-0.05, 0) is 30.2 Å². The van der Waals surface area contributed by atoms with Gasteiger partial charge in [-0.3, -0.25) is 9.59 Å². The number of amides is 2. The number of halogens is 3. The van der Waals surface area contributed by atoms with Crippen molar-refractivity contribution in [1.82, 2.24) is 5.32 Å². The van der Waals surface area contributed by atoms with E-state index in [1.807, 2.05) is 0 Å². The van der Waals surface area contributed by atoms with Crippen molar-refractivity contribution in [1.29, 1.82) is 0 Å². The zero-order valence-corrected chi connectivity index (χ0v) is 17.1. The second-order valence-corrected chi connectivity index (χ2v) is 8.76. The largest absolute Gasteiger partial charge is 0.341 e. The molecule has 6 nitrogen and oxygen atoms in total. The van der Waals surface area contributed by atoms with E-state index in [1.165, 1.54) is 30.3 Å². The van der Waals surface area contributed by atoms with E-state index >= 15 is 0 Å². The zero-order valence-electron chi connectivity index (χ0n) is 15.5. The number of sulfone groups is 1. The molecule has 2 amide bonds. The van der Waals surface area contributed by atoms with E-state index in [1.54, 1.807) is 26.0 Å². The van der Waals surface area contributed by atoms with Gasteiger partial charge in [-0.25, -0.2) is 8.42 Å². The van der Waals surface area contributed by atoms with Crippen LogP contribution in [0.5, 0.6) is 0 Å². The van der Waals surface area contributed by atoms with Crippen molar-refractivity contribution < 1.29 is 26.8 Å². The molecule has 29 heavy (non-hydrogen) atoms. The van der Waals surface area contributed by atoms with Crippen LogP contribution in [-0.2, 0) is 14.6 Å². The number of carbonyl (C=O) groups is 2. The molecule has 156 valence electrons. The van der Waals surface area contributed by atoms with Crippen LogP contribution in [0.4, 0.5) is 14.5 Å². The van der Waals surface area contributed by atoms with E-state index in [0.717, 1.165) is 6.07 Å². The number of hydrogen-bond acceptors (Lipinski definition) is 4. The lowest BCUT2D eigenvalue weighted by molar-refractivity contribution is -0.118. The van der Waals surface area contributed by atoms with E-state index in [-0.39, 0.29) is 22.2 Å². The summed E-state index contributed by atoms with van der Waals surface area (Å²) >= 11 is 5.99. The van der Waals surface area contributed by atoms with Crippen molar-refractivity contribution in [2.45, 2.75) is 30.5 Å². The normalized spacial score (nSPS) is 12.7. The van der Waals surface area contributed by atoms with E-state index < -0.39 is 38.3 Å². The van der Waals surface area contributed by atoms with Crippen molar-refractivity contribution in [3.8, 4) is 0 Å². The molecule has 1 unspecified atom stereocenters. The average molecular weight is 445 g/mol. The zero-order chi connectivity index (χ0) is 21.8. The van der Waals surface area contributed by atoms with Gasteiger partial charge in [0.05, 0.1) is 21.2 Å². The van der Waals surface area contributed by atoms with Gasteiger partial charge in [0.25, 0.3) is 5.91 Å². The second-order valence-electron chi connectivity index (χ2n) is 6.47. The van der Waals surface area contributed by atoms with Gasteiger partial charge in [0, 0.05) is 0 Å². The van der Waals surface area contributed by atoms with Crippen LogP contribution >= 0.6 is 11.6 Å². The smallest absolute Gasteiger partial charge is 0.340 e. The maximum Gasteiger partial charge on any atom is 0.341 e. The van der Waals surface area contributed by atoms with E-state index in [4.69, 9.17) is 11.6 Å². The maximum atomic E-state index is 12.9. The fourth-order valence-electron chi connectivity index (χ4n) is 2.52. The first kappa shape index (κ1) is 22.8. The van der Waals surface area contributed by atoms with Crippen molar-refractivity contribution in [3.63, 3.8) is 0 Å². The van der Waals surface area contributed by atoms with Gasteiger partial charge in [0.1, 0.15) is 6.04 Å². The van der Waals surface area contributed by atoms with Gasteiger partial charge in [0.2, 0.25) is 15.7 Å². The number of anilines is 1. The first-order valence-corrected chi connectivity index (χ1v) is 10.5. The Labute approximate surface area is 172 Å². The highest BCUT2D eigenvalue weighted by atomic mass is 35.5. The molecule has 1 atom stereocenters. The summed E-state index contributed by atoms with van der Waals surface area (Å²) in [6, 6.07) is 10.0. The van der Waals surface area contributed by atoms with Gasteiger partial charge in [-0.1, -0.05) is 49.7 Å². The summed E-state index contributed by atoms with van der Waals surface area (Å²) in [6.45, 7) is 3.33. The summed E-state index contributed by atoms with van der Waals surface area (Å²) in [7, 11) is -4.92. The number of nitrogens with one attached hydrogen (secondary N) is 2. The van der Waals surface area contributed by atoms with Gasteiger partial charge in [-0.15, -0.1) is 0 Å². The minimum Gasteiger partial charge on any atom is -0.340 e. The molecule has 2 aromatic rings. The van der Waals surface area contributed by atoms with Crippen LogP contribution in [0, 0.1) is 5.92 Å². The number of para-hydroxylation sites is 1. The molecule has 0 saturated heterocycles. The van der Waals surface area contributed by atoms with Crippen LogP contribution in [0.2, 0.25) is 5.02 Å². The van der Waals surface area contributed by atoms with Crippen molar-refractivity contribution >= 4 is 38.9 Å². The summed E-state index contributed by atoms with van der Waals surface area (Å²) in [5.41, 5.74) is -0.135. The number of rotatable bonds is 7. The summed E-state index contributed by atoms with van der Waals surface area (Å²) in [4.78, 5) is 24.5. The Balaban J connectivity index is 2.28. The molecule has 0 aliphatic carbocycles. The lowest BCUT2D eigenvalue weighted by atomic mass is 10.0. The molecule has 0 aromatic heterocycles. The summed E-state index contributed by atoms with van der Waals surface area (Å²) in [5.74, 6) is -5.38. The molecule has 0 bridgehead atoms. The van der Waals surface area contributed by atoms with E-state index in [9.17, 15) is 26.8 Å².